The molecule has 0 saturated heterocycles. The molecular formula is C19H19ClN2O2. The SMILES string of the molecule is C=C(Cl)CN(C(=O)c1ccn(C)c(=O)c1)C1CCc2ccccc21. The van der Waals surface area contributed by atoms with Crippen LogP contribution in [0.2, 0.25) is 0 Å². The van der Waals surface area contributed by atoms with Gasteiger partial charge in [0.05, 0.1) is 12.6 Å². The van der Waals surface area contributed by atoms with Gasteiger partial charge in [-0.05, 0) is 30.0 Å². The molecule has 3 rings (SSSR count). The van der Waals surface area contributed by atoms with Crippen LogP contribution in [0.5, 0.6) is 0 Å². The number of aryl methyl sites for hydroxylation is 2. The summed E-state index contributed by atoms with van der Waals surface area (Å²) in [4.78, 5) is 26.6. The molecule has 0 fully saturated rings. The zero-order valence-corrected chi connectivity index (χ0v) is 14.3. The third-order valence-electron chi connectivity index (χ3n) is 4.43. The summed E-state index contributed by atoms with van der Waals surface area (Å²) in [5.74, 6) is -0.198. The number of pyridine rings is 1. The molecule has 1 amide bonds. The lowest BCUT2D eigenvalue weighted by Gasteiger charge is -2.29. The molecule has 1 aromatic carbocycles. The van der Waals surface area contributed by atoms with E-state index in [9.17, 15) is 9.59 Å². The maximum atomic E-state index is 13.0. The molecule has 0 bridgehead atoms. The van der Waals surface area contributed by atoms with Gasteiger partial charge in [0.2, 0.25) is 0 Å². The van der Waals surface area contributed by atoms with Gasteiger partial charge in [0.25, 0.3) is 11.5 Å². The standard InChI is InChI=1S/C19H19ClN2O2/c1-13(20)12-22(17-8-7-14-5-3-4-6-16(14)17)19(24)15-9-10-21(2)18(23)11-15/h3-6,9-11,17H,1,7-8,12H2,2H3. The quantitative estimate of drug-likeness (QED) is 0.855. The smallest absolute Gasteiger partial charge is 0.254 e. The van der Waals surface area contributed by atoms with E-state index in [2.05, 4.69) is 12.6 Å². The fourth-order valence-electron chi connectivity index (χ4n) is 3.21. The minimum absolute atomic E-state index is 0.0479. The summed E-state index contributed by atoms with van der Waals surface area (Å²) in [6, 6.07) is 11.1. The van der Waals surface area contributed by atoms with Gasteiger partial charge in [0.15, 0.2) is 0 Å². The molecule has 124 valence electrons. The topological polar surface area (TPSA) is 42.3 Å². The van der Waals surface area contributed by atoms with E-state index >= 15 is 0 Å². The molecule has 1 unspecified atom stereocenters. The molecule has 24 heavy (non-hydrogen) atoms. The van der Waals surface area contributed by atoms with E-state index in [0.29, 0.717) is 10.6 Å². The number of nitrogens with zero attached hydrogens (tertiary/aromatic N) is 2. The molecule has 1 aromatic heterocycles. The number of aromatic nitrogens is 1. The lowest BCUT2D eigenvalue weighted by molar-refractivity contribution is 0.0699. The molecule has 1 atom stereocenters. The Balaban J connectivity index is 1.98. The highest BCUT2D eigenvalue weighted by Crippen LogP contribution is 2.36. The molecule has 1 aliphatic rings. The third-order valence-corrected chi connectivity index (χ3v) is 4.55. The fourth-order valence-corrected chi connectivity index (χ4v) is 3.34. The van der Waals surface area contributed by atoms with E-state index in [1.807, 2.05) is 18.2 Å². The zero-order chi connectivity index (χ0) is 17.3. The Labute approximate surface area is 146 Å². The number of benzene rings is 1. The number of carbonyl (C=O) groups excluding carboxylic acids is 1. The van der Waals surface area contributed by atoms with E-state index in [0.717, 1.165) is 18.4 Å². The minimum atomic E-state index is -0.211. The van der Waals surface area contributed by atoms with E-state index in [4.69, 9.17) is 11.6 Å². The first-order chi connectivity index (χ1) is 11.5. The van der Waals surface area contributed by atoms with E-state index in [-0.39, 0.29) is 24.1 Å². The molecule has 0 saturated carbocycles. The van der Waals surface area contributed by atoms with Crippen LogP contribution in [0.15, 0.2) is 59.0 Å². The molecule has 0 spiro atoms. The van der Waals surface area contributed by atoms with Gasteiger partial charge in [0.1, 0.15) is 0 Å². The summed E-state index contributed by atoms with van der Waals surface area (Å²) in [6.07, 6.45) is 3.38. The Morgan fingerprint density at radius 1 is 1.38 bits per heavy atom. The van der Waals surface area contributed by atoms with Crippen molar-refractivity contribution in [3.8, 4) is 0 Å². The average Bonchev–Trinajstić information content (AvgIpc) is 2.98. The Kier molecular flexibility index (Phi) is 4.58. The van der Waals surface area contributed by atoms with Crippen LogP contribution in [0, 0.1) is 0 Å². The molecular weight excluding hydrogens is 324 g/mol. The number of rotatable bonds is 4. The number of amides is 1. The Hall–Kier alpha value is -2.33. The maximum Gasteiger partial charge on any atom is 0.254 e. The van der Waals surface area contributed by atoms with Crippen LogP contribution in [0.4, 0.5) is 0 Å². The van der Waals surface area contributed by atoms with Crippen LogP contribution < -0.4 is 5.56 Å². The number of halogens is 1. The Bertz CT molecular complexity index is 856. The molecule has 0 radical (unpaired) electrons. The Morgan fingerprint density at radius 2 is 2.12 bits per heavy atom. The number of hydrogen-bond acceptors (Lipinski definition) is 2. The van der Waals surface area contributed by atoms with Crippen LogP contribution in [-0.2, 0) is 13.5 Å². The Morgan fingerprint density at radius 3 is 2.83 bits per heavy atom. The van der Waals surface area contributed by atoms with Gasteiger partial charge in [-0.1, -0.05) is 42.4 Å². The van der Waals surface area contributed by atoms with Crippen molar-refractivity contribution in [2.75, 3.05) is 6.54 Å². The first kappa shape index (κ1) is 16.5. The third kappa shape index (κ3) is 3.15. The van der Waals surface area contributed by atoms with Crippen LogP contribution in [0.25, 0.3) is 0 Å². The summed E-state index contributed by atoms with van der Waals surface area (Å²) < 4.78 is 1.44. The van der Waals surface area contributed by atoms with Gasteiger partial charge in [-0.2, -0.15) is 0 Å². The van der Waals surface area contributed by atoms with Gasteiger partial charge >= 0.3 is 0 Å². The van der Waals surface area contributed by atoms with E-state index < -0.39 is 0 Å². The highest BCUT2D eigenvalue weighted by atomic mass is 35.5. The summed E-state index contributed by atoms with van der Waals surface area (Å²) in [5, 5.41) is 0.400. The summed E-state index contributed by atoms with van der Waals surface area (Å²) >= 11 is 6.01. The fraction of sp³-hybridized carbons (Fsp3) is 0.263. The predicted octanol–water partition coefficient (Wildman–Crippen LogP) is 3.27. The highest BCUT2D eigenvalue weighted by molar-refractivity contribution is 6.29. The highest BCUT2D eigenvalue weighted by Gasteiger charge is 2.31. The first-order valence-electron chi connectivity index (χ1n) is 7.86. The lowest BCUT2D eigenvalue weighted by Crippen LogP contribution is -2.35. The van der Waals surface area contributed by atoms with Gasteiger partial charge in [-0.25, -0.2) is 0 Å². The van der Waals surface area contributed by atoms with Gasteiger partial charge in [-0.3, -0.25) is 9.59 Å². The first-order valence-corrected chi connectivity index (χ1v) is 8.24. The van der Waals surface area contributed by atoms with Crippen molar-refractivity contribution in [1.82, 2.24) is 9.47 Å². The van der Waals surface area contributed by atoms with Crippen molar-refractivity contribution >= 4 is 17.5 Å². The van der Waals surface area contributed by atoms with E-state index in [1.54, 1.807) is 24.2 Å². The zero-order valence-electron chi connectivity index (χ0n) is 13.5. The van der Waals surface area contributed by atoms with Gasteiger partial charge in [-0.15, -0.1) is 0 Å². The second-order valence-electron chi connectivity index (χ2n) is 6.07. The largest absolute Gasteiger partial charge is 0.326 e. The minimum Gasteiger partial charge on any atom is -0.326 e. The molecule has 1 heterocycles. The maximum absolute atomic E-state index is 13.0. The molecule has 0 aliphatic heterocycles. The van der Waals surface area contributed by atoms with Crippen LogP contribution in [0.3, 0.4) is 0 Å². The molecule has 5 heteroatoms. The van der Waals surface area contributed by atoms with Crippen molar-refractivity contribution < 1.29 is 4.79 Å². The normalized spacial score (nSPS) is 15.8. The summed E-state index contributed by atoms with van der Waals surface area (Å²) in [5.41, 5.74) is 2.56. The molecule has 1 aliphatic carbocycles. The van der Waals surface area contributed by atoms with Crippen molar-refractivity contribution in [3.63, 3.8) is 0 Å². The average molecular weight is 343 g/mol. The monoisotopic (exact) mass is 342 g/mol. The summed E-state index contributed by atoms with van der Waals surface area (Å²) in [6.45, 7) is 3.99. The van der Waals surface area contributed by atoms with Crippen molar-refractivity contribution in [3.05, 3.63) is 81.3 Å². The van der Waals surface area contributed by atoms with E-state index in [1.165, 1.54) is 16.2 Å². The van der Waals surface area contributed by atoms with Crippen molar-refractivity contribution in [1.29, 1.82) is 0 Å². The molecule has 2 aromatic rings. The molecule has 0 N–H and O–H groups in total. The van der Waals surface area contributed by atoms with Gasteiger partial charge in [0, 0.05) is 29.9 Å². The van der Waals surface area contributed by atoms with Crippen LogP contribution >= 0.6 is 11.6 Å². The van der Waals surface area contributed by atoms with Gasteiger partial charge < -0.3 is 9.47 Å². The number of hydrogen-bond donors (Lipinski definition) is 0. The van der Waals surface area contributed by atoms with Crippen LogP contribution in [-0.4, -0.2) is 21.9 Å². The number of carbonyl (C=O) groups is 1. The molecule has 4 nitrogen and oxygen atoms in total. The number of fused-ring (bicyclic) bond motifs is 1. The van der Waals surface area contributed by atoms with Crippen LogP contribution in [0.1, 0.15) is 33.9 Å². The predicted molar refractivity (Wildman–Crippen MR) is 95.2 cm³/mol. The second-order valence-corrected chi connectivity index (χ2v) is 6.60. The lowest BCUT2D eigenvalue weighted by atomic mass is 10.1. The van der Waals surface area contributed by atoms with Crippen molar-refractivity contribution in [2.24, 2.45) is 7.05 Å². The summed E-state index contributed by atoms with van der Waals surface area (Å²) in [7, 11) is 1.65. The van der Waals surface area contributed by atoms with Crippen molar-refractivity contribution in [2.45, 2.75) is 18.9 Å². The second kappa shape index (κ2) is 6.65.